The van der Waals surface area contributed by atoms with Gasteiger partial charge in [-0.2, -0.15) is 0 Å². The van der Waals surface area contributed by atoms with Crippen molar-refractivity contribution >= 4 is 21.8 Å². The second-order valence-electron chi connectivity index (χ2n) is 4.60. The number of hydrogen-bond acceptors (Lipinski definition) is 3. The molecule has 1 aromatic carbocycles. The average Bonchev–Trinajstić information content (AvgIpc) is 2.46. The third-order valence-electron chi connectivity index (χ3n) is 3.27. The van der Waals surface area contributed by atoms with E-state index in [1.54, 1.807) is 24.3 Å². The molecule has 1 fully saturated rings. The molecule has 1 aliphatic heterocycles. The van der Waals surface area contributed by atoms with Crippen LogP contribution in [0.1, 0.15) is 23.2 Å². The summed E-state index contributed by atoms with van der Waals surface area (Å²) in [5, 5.41) is 10.1. The fourth-order valence-electron chi connectivity index (χ4n) is 2.22. The Morgan fingerprint density at radius 3 is 2.53 bits per heavy atom. The van der Waals surface area contributed by atoms with Crippen molar-refractivity contribution in [2.24, 2.45) is 0 Å². The van der Waals surface area contributed by atoms with Gasteiger partial charge in [0.05, 0.1) is 12.7 Å². The number of phenolic OH excluding ortho intramolecular Hbond substituents is 1. The maximum absolute atomic E-state index is 12.2. The van der Waals surface area contributed by atoms with Crippen molar-refractivity contribution in [3.63, 3.8) is 0 Å². The largest absolute Gasteiger partial charge is 0.508 e. The van der Waals surface area contributed by atoms with Crippen LogP contribution in [0.15, 0.2) is 24.3 Å². The summed E-state index contributed by atoms with van der Waals surface area (Å²) < 4.78 is 5.66. The first-order valence-electron chi connectivity index (χ1n) is 6.46. The van der Waals surface area contributed by atoms with Gasteiger partial charge in [-0.3, -0.25) is 4.79 Å². The summed E-state index contributed by atoms with van der Waals surface area (Å²) in [6.45, 7) is 2.18. The molecule has 1 aliphatic rings. The van der Waals surface area contributed by atoms with Crippen LogP contribution in [-0.2, 0) is 4.74 Å². The highest BCUT2D eigenvalue weighted by Crippen LogP contribution is 2.17. The second-order valence-corrected chi connectivity index (χ2v) is 5.39. The van der Waals surface area contributed by atoms with Crippen molar-refractivity contribution in [3.8, 4) is 5.75 Å². The number of benzene rings is 1. The van der Waals surface area contributed by atoms with Crippen LogP contribution >= 0.6 is 15.9 Å². The van der Waals surface area contributed by atoms with Crippen LogP contribution in [0.25, 0.3) is 0 Å². The predicted molar refractivity (Wildman–Crippen MR) is 76.8 cm³/mol. The van der Waals surface area contributed by atoms with E-state index < -0.39 is 0 Å². The van der Waals surface area contributed by atoms with E-state index in [9.17, 15) is 9.90 Å². The van der Waals surface area contributed by atoms with Crippen LogP contribution in [-0.4, -0.2) is 47.0 Å². The molecule has 0 bridgehead atoms. The van der Waals surface area contributed by atoms with Crippen molar-refractivity contribution < 1.29 is 14.6 Å². The number of likely N-dealkylation sites (tertiary alicyclic amines) is 1. The van der Waals surface area contributed by atoms with Gasteiger partial charge in [0.25, 0.3) is 5.91 Å². The molecular formula is C14H18BrNO3. The number of alkyl halides is 1. The highest BCUT2D eigenvalue weighted by atomic mass is 79.9. The minimum Gasteiger partial charge on any atom is -0.508 e. The van der Waals surface area contributed by atoms with Gasteiger partial charge in [0.15, 0.2) is 0 Å². The van der Waals surface area contributed by atoms with E-state index in [-0.39, 0.29) is 17.8 Å². The third kappa shape index (κ3) is 3.94. The van der Waals surface area contributed by atoms with Crippen LogP contribution in [0.4, 0.5) is 0 Å². The number of carbonyl (C=O) groups excluding carboxylic acids is 1. The molecular weight excluding hydrogens is 310 g/mol. The molecule has 1 N–H and O–H groups in total. The summed E-state index contributed by atoms with van der Waals surface area (Å²) >= 11 is 3.34. The van der Waals surface area contributed by atoms with E-state index in [1.165, 1.54) is 0 Å². The summed E-state index contributed by atoms with van der Waals surface area (Å²) in [5.41, 5.74) is 0.623. The molecule has 0 aromatic heterocycles. The minimum atomic E-state index is 0.0268. The molecule has 1 saturated heterocycles. The Morgan fingerprint density at radius 1 is 1.32 bits per heavy atom. The molecule has 0 radical (unpaired) electrons. The molecule has 1 aromatic rings. The zero-order chi connectivity index (χ0) is 13.7. The van der Waals surface area contributed by atoms with Gasteiger partial charge in [-0.05, 0) is 37.1 Å². The maximum atomic E-state index is 12.2. The number of halogens is 1. The van der Waals surface area contributed by atoms with Gasteiger partial charge in [0.2, 0.25) is 0 Å². The molecule has 19 heavy (non-hydrogen) atoms. The van der Waals surface area contributed by atoms with Crippen molar-refractivity contribution in [1.29, 1.82) is 0 Å². The monoisotopic (exact) mass is 327 g/mol. The van der Waals surface area contributed by atoms with Gasteiger partial charge in [-0.25, -0.2) is 0 Å². The van der Waals surface area contributed by atoms with E-state index >= 15 is 0 Å². The number of nitrogens with zero attached hydrogens (tertiary/aromatic N) is 1. The topological polar surface area (TPSA) is 49.8 Å². The molecule has 104 valence electrons. The van der Waals surface area contributed by atoms with Crippen LogP contribution < -0.4 is 0 Å². The summed E-state index contributed by atoms with van der Waals surface area (Å²) in [6, 6.07) is 6.40. The molecule has 2 rings (SSSR count). The number of rotatable bonds is 4. The summed E-state index contributed by atoms with van der Waals surface area (Å²) in [4.78, 5) is 14.1. The lowest BCUT2D eigenvalue weighted by molar-refractivity contribution is 0.0160. The van der Waals surface area contributed by atoms with E-state index in [1.807, 2.05) is 4.90 Å². The Morgan fingerprint density at radius 2 is 1.95 bits per heavy atom. The zero-order valence-electron chi connectivity index (χ0n) is 10.7. The number of amides is 1. The van der Waals surface area contributed by atoms with Crippen molar-refractivity contribution in [1.82, 2.24) is 4.90 Å². The van der Waals surface area contributed by atoms with Crippen molar-refractivity contribution in [3.05, 3.63) is 29.8 Å². The Kier molecular flexibility index (Phi) is 5.22. The normalized spacial score (nSPS) is 16.6. The maximum Gasteiger partial charge on any atom is 0.253 e. The Labute approximate surface area is 121 Å². The number of carbonyl (C=O) groups is 1. The van der Waals surface area contributed by atoms with Gasteiger partial charge >= 0.3 is 0 Å². The second kappa shape index (κ2) is 6.91. The van der Waals surface area contributed by atoms with Crippen LogP contribution in [0.3, 0.4) is 0 Å². The van der Waals surface area contributed by atoms with Gasteiger partial charge < -0.3 is 14.7 Å². The Hall–Kier alpha value is -1.07. The number of aromatic hydroxyl groups is 1. The van der Waals surface area contributed by atoms with E-state index in [4.69, 9.17) is 4.74 Å². The number of ether oxygens (including phenoxy) is 1. The third-order valence-corrected chi connectivity index (χ3v) is 3.60. The predicted octanol–water partition coefficient (Wildman–Crippen LogP) is 2.41. The Bertz CT molecular complexity index is 413. The van der Waals surface area contributed by atoms with Crippen LogP contribution in [0, 0.1) is 0 Å². The molecule has 0 unspecified atom stereocenters. The molecule has 0 aliphatic carbocycles. The Balaban J connectivity index is 1.87. The first kappa shape index (κ1) is 14.3. The molecule has 1 heterocycles. The van der Waals surface area contributed by atoms with Crippen molar-refractivity contribution in [2.75, 3.05) is 25.0 Å². The molecule has 0 spiro atoms. The lowest BCUT2D eigenvalue weighted by atomic mass is 10.1. The highest BCUT2D eigenvalue weighted by Gasteiger charge is 2.23. The summed E-state index contributed by atoms with van der Waals surface area (Å²) in [6.07, 6.45) is 2.04. The molecule has 0 saturated carbocycles. The molecule has 0 atom stereocenters. The van der Waals surface area contributed by atoms with E-state index in [2.05, 4.69) is 15.9 Å². The highest BCUT2D eigenvalue weighted by molar-refractivity contribution is 9.09. The zero-order valence-corrected chi connectivity index (χ0v) is 12.3. The van der Waals surface area contributed by atoms with E-state index in [0.29, 0.717) is 5.56 Å². The fourth-order valence-corrected chi connectivity index (χ4v) is 2.41. The van der Waals surface area contributed by atoms with Crippen LogP contribution in [0.2, 0.25) is 0 Å². The summed E-state index contributed by atoms with van der Waals surface area (Å²) in [5.74, 6) is 0.206. The van der Waals surface area contributed by atoms with Gasteiger partial charge in [-0.15, -0.1) is 0 Å². The van der Waals surface area contributed by atoms with E-state index in [0.717, 1.165) is 37.9 Å². The number of phenols is 1. The number of hydrogen-bond donors (Lipinski definition) is 1. The summed E-state index contributed by atoms with van der Waals surface area (Å²) in [7, 11) is 0. The number of piperidine rings is 1. The lowest BCUT2D eigenvalue weighted by Gasteiger charge is -2.32. The van der Waals surface area contributed by atoms with Crippen molar-refractivity contribution in [2.45, 2.75) is 18.9 Å². The van der Waals surface area contributed by atoms with Gasteiger partial charge in [0, 0.05) is 24.0 Å². The standard InChI is InChI=1S/C14H18BrNO3/c15-7-10-19-13-5-8-16(9-6-13)14(18)11-1-3-12(17)4-2-11/h1-4,13,17H,5-10H2. The fraction of sp³-hybridized carbons (Fsp3) is 0.500. The lowest BCUT2D eigenvalue weighted by Crippen LogP contribution is -2.41. The molecule has 5 heteroatoms. The first-order valence-corrected chi connectivity index (χ1v) is 7.58. The molecule has 4 nitrogen and oxygen atoms in total. The quantitative estimate of drug-likeness (QED) is 0.864. The average molecular weight is 328 g/mol. The minimum absolute atomic E-state index is 0.0268. The smallest absolute Gasteiger partial charge is 0.253 e. The first-order chi connectivity index (χ1) is 9.20. The van der Waals surface area contributed by atoms with Crippen LogP contribution in [0.5, 0.6) is 5.75 Å². The molecule has 1 amide bonds. The van der Waals surface area contributed by atoms with Gasteiger partial charge in [-0.1, -0.05) is 15.9 Å². The van der Waals surface area contributed by atoms with Gasteiger partial charge in [0.1, 0.15) is 5.75 Å². The SMILES string of the molecule is O=C(c1ccc(O)cc1)N1CCC(OCCBr)CC1.